The Morgan fingerprint density at radius 3 is 2.44 bits per heavy atom. The molecule has 1 aromatic rings. The molecule has 7 heteroatoms. The Labute approximate surface area is 168 Å². The SMILES string of the molecule is CCN1CCN(c2ccc(CNC(=NC)NC(C)C)cc2F)CC1.I. The number of piperazine rings is 1. The molecule has 0 aliphatic carbocycles. The summed E-state index contributed by atoms with van der Waals surface area (Å²) >= 11 is 0. The normalized spacial score (nSPS) is 15.9. The molecule has 2 N–H and O–H groups in total. The molecular weight excluding hydrogens is 432 g/mol. The second-order valence-electron chi connectivity index (χ2n) is 6.43. The molecule has 0 saturated carbocycles. The van der Waals surface area contributed by atoms with E-state index in [9.17, 15) is 4.39 Å². The quantitative estimate of drug-likeness (QED) is 0.401. The fraction of sp³-hybridized carbons (Fsp3) is 0.611. The first-order valence-corrected chi connectivity index (χ1v) is 8.76. The maximum absolute atomic E-state index is 14.5. The molecule has 0 bridgehead atoms. The number of benzene rings is 1. The topological polar surface area (TPSA) is 42.9 Å². The lowest BCUT2D eigenvalue weighted by Gasteiger charge is -2.35. The van der Waals surface area contributed by atoms with Gasteiger partial charge in [0.25, 0.3) is 0 Å². The number of hydrogen-bond donors (Lipinski definition) is 2. The number of nitrogens with zero attached hydrogens (tertiary/aromatic N) is 3. The molecule has 0 amide bonds. The zero-order valence-electron chi connectivity index (χ0n) is 15.7. The first-order chi connectivity index (χ1) is 11.5. The van der Waals surface area contributed by atoms with Gasteiger partial charge in [0.1, 0.15) is 5.82 Å². The van der Waals surface area contributed by atoms with Gasteiger partial charge in [-0.25, -0.2) is 4.39 Å². The van der Waals surface area contributed by atoms with E-state index in [-0.39, 0.29) is 29.8 Å². The van der Waals surface area contributed by atoms with E-state index in [1.54, 1.807) is 13.1 Å². The highest BCUT2D eigenvalue weighted by Crippen LogP contribution is 2.22. The molecule has 25 heavy (non-hydrogen) atoms. The van der Waals surface area contributed by atoms with Crippen LogP contribution < -0.4 is 15.5 Å². The van der Waals surface area contributed by atoms with Gasteiger partial charge in [-0.2, -0.15) is 0 Å². The van der Waals surface area contributed by atoms with E-state index in [1.807, 2.05) is 12.1 Å². The number of hydrogen-bond acceptors (Lipinski definition) is 3. The number of halogens is 2. The van der Waals surface area contributed by atoms with Crippen molar-refractivity contribution in [1.29, 1.82) is 0 Å². The summed E-state index contributed by atoms with van der Waals surface area (Å²) in [4.78, 5) is 8.69. The summed E-state index contributed by atoms with van der Waals surface area (Å²) in [5, 5.41) is 6.43. The van der Waals surface area contributed by atoms with Crippen LogP contribution >= 0.6 is 24.0 Å². The summed E-state index contributed by atoms with van der Waals surface area (Å²) in [6, 6.07) is 5.81. The summed E-state index contributed by atoms with van der Waals surface area (Å²) in [5.74, 6) is 0.580. The van der Waals surface area contributed by atoms with Gasteiger partial charge in [-0.3, -0.25) is 4.99 Å². The summed E-state index contributed by atoms with van der Waals surface area (Å²) < 4.78 is 14.5. The molecule has 0 aromatic heterocycles. The minimum Gasteiger partial charge on any atom is -0.367 e. The Morgan fingerprint density at radius 2 is 1.92 bits per heavy atom. The second kappa shape index (κ2) is 10.8. The van der Waals surface area contributed by atoms with Crippen molar-refractivity contribution in [3.8, 4) is 0 Å². The molecular formula is C18H31FIN5. The van der Waals surface area contributed by atoms with E-state index in [0.717, 1.165) is 44.2 Å². The highest BCUT2D eigenvalue weighted by atomic mass is 127. The predicted octanol–water partition coefficient (Wildman–Crippen LogP) is 2.66. The van der Waals surface area contributed by atoms with Crippen LogP contribution in [-0.2, 0) is 6.54 Å². The van der Waals surface area contributed by atoms with Gasteiger partial charge in [-0.15, -0.1) is 24.0 Å². The monoisotopic (exact) mass is 463 g/mol. The van der Waals surface area contributed by atoms with Gasteiger partial charge in [0.05, 0.1) is 5.69 Å². The number of likely N-dealkylation sites (N-methyl/N-ethyl adjacent to an activating group) is 1. The van der Waals surface area contributed by atoms with E-state index in [1.165, 1.54) is 0 Å². The molecule has 0 unspecified atom stereocenters. The Bertz CT molecular complexity index is 556. The molecule has 2 rings (SSSR count). The molecule has 0 spiro atoms. The average Bonchev–Trinajstić information content (AvgIpc) is 2.58. The van der Waals surface area contributed by atoms with E-state index in [4.69, 9.17) is 0 Å². The number of nitrogens with one attached hydrogen (secondary N) is 2. The molecule has 1 aliphatic rings. The lowest BCUT2D eigenvalue weighted by Crippen LogP contribution is -2.46. The van der Waals surface area contributed by atoms with Crippen LogP contribution in [0.5, 0.6) is 0 Å². The van der Waals surface area contributed by atoms with Crippen LogP contribution in [0.3, 0.4) is 0 Å². The van der Waals surface area contributed by atoms with Crippen LogP contribution in [0.1, 0.15) is 26.3 Å². The van der Waals surface area contributed by atoms with E-state index >= 15 is 0 Å². The molecule has 142 valence electrons. The molecule has 0 atom stereocenters. The van der Waals surface area contributed by atoms with Crippen LogP contribution in [0.4, 0.5) is 10.1 Å². The largest absolute Gasteiger partial charge is 0.367 e. The fourth-order valence-electron chi connectivity index (χ4n) is 2.88. The minimum atomic E-state index is -0.147. The third kappa shape index (κ3) is 6.62. The Hall–Kier alpha value is -1.09. The first-order valence-electron chi connectivity index (χ1n) is 8.76. The van der Waals surface area contributed by atoms with E-state index < -0.39 is 0 Å². The Balaban J connectivity index is 0.00000312. The molecule has 1 saturated heterocycles. The average molecular weight is 463 g/mol. The van der Waals surface area contributed by atoms with Gasteiger partial charge in [0, 0.05) is 45.8 Å². The lowest BCUT2D eigenvalue weighted by atomic mass is 10.1. The van der Waals surface area contributed by atoms with Gasteiger partial charge < -0.3 is 20.4 Å². The molecule has 1 aliphatic heterocycles. The third-order valence-corrected chi connectivity index (χ3v) is 4.28. The van der Waals surface area contributed by atoms with Gasteiger partial charge in [0.15, 0.2) is 5.96 Å². The minimum absolute atomic E-state index is 0. The molecule has 5 nitrogen and oxygen atoms in total. The van der Waals surface area contributed by atoms with Crippen molar-refractivity contribution in [2.45, 2.75) is 33.4 Å². The van der Waals surface area contributed by atoms with Crippen molar-refractivity contribution in [2.24, 2.45) is 4.99 Å². The van der Waals surface area contributed by atoms with E-state index in [0.29, 0.717) is 18.3 Å². The Kier molecular flexibility index (Phi) is 9.48. The number of rotatable bonds is 5. The summed E-state index contributed by atoms with van der Waals surface area (Å²) in [6.07, 6.45) is 0. The van der Waals surface area contributed by atoms with Crippen molar-refractivity contribution >= 4 is 35.6 Å². The van der Waals surface area contributed by atoms with Gasteiger partial charge >= 0.3 is 0 Å². The van der Waals surface area contributed by atoms with Gasteiger partial charge in [-0.1, -0.05) is 13.0 Å². The third-order valence-electron chi connectivity index (χ3n) is 4.28. The molecule has 0 radical (unpaired) electrons. The highest BCUT2D eigenvalue weighted by Gasteiger charge is 2.18. The zero-order chi connectivity index (χ0) is 17.5. The zero-order valence-corrected chi connectivity index (χ0v) is 18.0. The van der Waals surface area contributed by atoms with Crippen LogP contribution in [0, 0.1) is 5.82 Å². The summed E-state index contributed by atoms with van der Waals surface area (Å²) in [6.45, 7) is 11.6. The highest BCUT2D eigenvalue weighted by molar-refractivity contribution is 14.0. The standard InChI is InChI=1S/C18H30FN5.HI/c1-5-23-8-10-24(11-9-23)17-7-6-15(12-16(17)19)13-21-18(20-4)22-14(2)3;/h6-7,12,14H,5,8-11,13H2,1-4H3,(H2,20,21,22);1H. The number of guanidine groups is 1. The fourth-order valence-corrected chi connectivity index (χ4v) is 2.88. The smallest absolute Gasteiger partial charge is 0.191 e. The number of anilines is 1. The summed E-state index contributed by atoms with van der Waals surface area (Å²) in [7, 11) is 1.73. The van der Waals surface area contributed by atoms with Gasteiger partial charge in [-0.05, 0) is 38.1 Å². The van der Waals surface area contributed by atoms with Crippen LogP contribution in [0.2, 0.25) is 0 Å². The van der Waals surface area contributed by atoms with Crippen LogP contribution in [0.25, 0.3) is 0 Å². The first kappa shape index (κ1) is 22.0. The van der Waals surface area contributed by atoms with Crippen molar-refractivity contribution in [3.63, 3.8) is 0 Å². The maximum Gasteiger partial charge on any atom is 0.191 e. The van der Waals surface area contributed by atoms with Crippen molar-refractivity contribution < 1.29 is 4.39 Å². The lowest BCUT2D eigenvalue weighted by molar-refractivity contribution is 0.270. The maximum atomic E-state index is 14.5. The second-order valence-corrected chi connectivity index (χ2v) is 6.43. The van der Waals surface area contributed by atoms with Gasteiger partial charge in [0.2, 0.25) is 0 Å². The van der Waals surface area contributed by atoms with Crippen molar-refractivity contribution in [1.82, 2.24) is 15.5 Å². The number of aliphatic imine (C=N–C) groups is 1. The Morgan fingerprint density at radius 1 is 1.24 bits per heavy atom. The molecule has 1 fully saturated rings. The summed E-state index contributed by atoms with van der Waals surface area (Å²) in [5.41, 5.74) is 1.62. The predicted molar refractivity (Wildman–Crippen MR) is 115 cm³/mol. The molecule has 1 aromatic carbocycles. The van der Waals surface area contributed by atoms with E-state index in [2.05, 4.69) is 46.2 Å². The van der Waals surface area contributed by atoms with Crippen molar-refractivity contribution in [2.75, 3.05) is 44.7 Å². The van der Waals surface area contributed by atoms with Crippen LogP contribution in [0.15, 0.2) is 23.2 Å². The van der Waals surface area contributed by atoms with Crippen molar-refractivity contribution in [3.05, 3.63) is 29.6 Å². The molecule has 1 heterocycles. The van der Waals surface area contributed by atoms with Crippen LogP contribution in [-0.4, -0.2) is 56.7 Å².